The van der Waals surface area contributed by atoms with Gasteiger partial charge < -0.3 is 10.2 Å². The third-order valence-electron chi connectivity index (χ3n) is 5.39. The second kappa shape index (κ2) is 6.46. The molecule has 0 aromatic rings. The van der Waals surface area contributed by atoms with Crippen LogP contribution in [0.15, 0.2) is 0 Å². The molecule has 0 spiro atoms. The summed E-state index contributed by atoms with van der Waals surface area (Å²) in [6.07, 6.45) is 6.85. The van der Waals surface area contributed by atoms with Crippen LogP contribution in [0.25, 0.3) is 0 Å². The van der Waals surface area contributed by atoms with Gasteiger partial charge in [0.2, 0.25) is 5.91 Å². The first-order valence-corrected chi connectivity index (χ1v) is 8.42. The van der Waals surface area contributed by atoms with Gasteiger partial charge in [-0.05, 0) is 50.0 Å². The fourth-order valence-electron chi connectivity index (χ4n) is 3.41. The van der Waals surface area contributed by atoms with E-state index in [1.54, 1.807) is 0 Å². The fourth-order valence-corrected chi connectivity index (χ4v) is 3.41. The Bertz CT molecular complexity index is 328. The first-order valence-electron chi connectivity index (χ1n) is 8.42. The van der Waals surface area contributed by atoms with Crippen molar-refractivity contribution < 1.29 is 4.79 Å². The SMILES string of the molecule is CC(CC(=O)N1CCCCC1C1CCCN1)C(C)(C)C. The Morgan fingerprint density at radius 1 is 1.25 bits per heavy atom. The van der Waals surface area contributed by atoms with E-state index in [-0.39, 0.29) is 5.41 Å². The van der Waals surface area contributed by atoms with Crippen molar-refractivity contribution in [1.82, 2.24) is 10.2 Å². The van der Waals surface area contributed by atoms with Crippen LogP contribution in [-0.4, -0.2) is 36.0 Å². The molecule has 20 heavy (non-hydrogen) atoms. The van der Waals surface area contributed by atoms with Gasteiger partial charge in [-0.2, -0.15) is 0 Å². The van der Waals surface area contributed by atoms with Crippen molar-refractivity contribution in [3.05, 3.63) is 0 Å². The standard InChI is InChI=1S/C17H32N2O/c1-13(17(2,3)4)12-16(20)19-11-6-5-9-15(19)14-8-7-10-18-14/h13-15,18H,5-12H2,1-4H3. The third-order valence-corrected chi connectivity index (χ3v) is 5.39. The van der Waals surface area contributed by atoms with Gasteiger partial charge in [-0.3, -0.25) is 4.79 Å². The number of carbonyl (C=O) groups is 1. The molecule has 2 aliphatic rings. The topological polar surface area (TPSA) is 32.3 Å². The number of carbonyl (C=O) groups excluding carboxylic acids is 1. The van der Waals surface area contributed by atoms with Crippen molar-refractivity contribution in [1.29, 1.82) is 0 Å². The van der Waals surface area contributed by atoms with Crippen LogP contribution in [0.3, 0.4) is 0 Å². The number of piperidine rings is 1. The van der Waals surface area contributed by atoms with Gasteiger partial charge in [-0.15, -0.1) is 0 Å². The average Bonchev–Trinajstić information content (AvgIpc) is 2.91. The summed E-state index contributed by atoms with van der Waals surface area (Å²) in [5.41, 5.74) is 0.215. The lowest BCUT2D eigenvalue weighted by atomic mass is 9.79. The van der Waals surface area contributed by atoms with E-state index in [9.17, 15) is 4.79 Å². The zero-order valence-corrected chi connectivity index (χ0v) is 13.7. The molecule has 3 heteroatoms. The fraction of sp³-hybridized carbons (Fsp3) is 0.941. The van der Waals surface area contributed by atoms with Crippen LogP contribution in [-0.2, 0) is 4.79 Å². The molecule has 0 bridgehead atoms. The van der Waals surface area contributed by atoms with Crippen LogP contribution >= 0.6 is 0 Å². The third kappa shape index (κ3) is 3.75. The van der Waals surface area contributed by atoms with Gasteiger partial charge in [-0.1, -0.05) is 27.7 Å². The van der Waals surface area contributed by atoms with Gasteiger partial charge in [0.15, 0.2) is 0 Å². The molecule has 0 aliphatic carbocycles. The zero-order valence-electron chi connectivity index (χ0n) is 13.7. The number of rotatable bonds is 3. The van der Waals surface area contributed by atoms with E-state index in [4.69, 9.17) is 0 Å². The van der Waals surface area contributed by atoms with Gasteiger partial charge in [0.25, 0.3) is 0 Å². The summed E-state index contributed by atoms with van der Waals surface area (Å²) < 4.78 is 0. The van der Waals surface area contributed by atoms with Gasteiger partial charge in [0.1, 0.15) is 0 Å². The van der Waals surface area contributed by atoms with Crippen LogP contribution in [0.4, 0.5) is 0 Å². The second-order valence-electron chi connectivity index (χ2n) is 7.82. The van der Waals surface area contributed by atoms with Gasteiger partial charge in [0.05, 0.1) is 0 Å². The van der Waals surface area contributed by atoms with Crippen molar-refractivity contribution in [2.45, 2.75) is 78.3 Å². The number of amides is 1. The van der Waals surface area contributed by atoms with E-state index in [1.165, 1.54) is 32.1 Å². The molecule has 0 aromatic carbocycles. The minimum absolute atomic E-state index is 0.215. The Balaban J connectivity index is 1.98. The number of hydrogen-bond acceptors (Lipinski definition) is 2. The largest absolute Gasteiger partial charge is 0.338 e. The maximum atomic E-state index is 12.7. The van der Waals surface area contributed by atoms with Crippen molar-refractivity contribution >= 4 is 5.91 Å². The van der Waals surface area contributed by atoms with E-state index >= 15 is 0 Å². The Morgan fingerprint density at radius 3 is 2.60 bits per heavy atom. The lowest BCUT2D eigenvalue weighted by Crippen LogP contribution is -2.53. The van der Waals surface area contributed by atoms with Crippen LogP contribution in [0.1, 0.15) is 66.2 Å². The maximum absolute atomic E-state index is 12.7. The van der Waals surface area contributed by atoms with Gasteiger partial charge in [0, 0.05) is 25.0 Å². The lowest BCUT2D eigenvalue weighted by molar-refractivity contribution is -0.137. The Morgan fingerprint density at radius 2 is 2.00 bits per heavy atom. The second-order valence-corrected chi connectivity index (χ2v) is 7.82. The predicted octanol–water partition coefficient (Wildman–Crippen LogP) is 3.19. The molecular formula is C17H32N2O. The Labute approximate surface area is 124 Å². The zero-order chi connectivity index (χ0) is 14.8. The van der Waals surface area contributed by atoms with Crippen LogP contribution in [0.5, 0.6) is 0 Å². The molecule has 1 N–H and O–H groups in total. The first kappa shape index (κ1) is 15.8. The molecule has 2 aliphatic heterocycles. The number of nitrogens with zero attached hydrogens (tertiary/aromatic N) is 1. The highest BCUT2D eigenvalue weighted by atomic mass is 16.2. The lowest BCUT2D eigenvalue weighted by Gasteiger charge is -2.40. The summed E-state index contributed by atoms with van der Waals surface area (Å²) >= 11 is 0. The van der Waals surface area contributed by atoms with Crippen molar-refractivity contribution in [2.75, 3.05) is 13.1 Å². The molecule has 0 radical (unpaired) electrons. The minimum atomic E-state index is 0.215. The van der Waals surface area contributed by atoms with E-state index in [0.29, 0.717) is 30.3 Å². The summed E-state index contributed by atoms with van der Waals surface area (Å²) in [7, 11) is 0. The normalized spacial score (nSPS) is 29.5. The number of likely N-dealkylation sites (tertiary alicyclic amines) is 1. The van der Waals surface area contributed by atoms with Gasteiger partial charge >= 0.3 is 0 Å². The molecule has 3 nitrogen and oxygen atoms in total. The Kier molecular flexibility index (Phi) is 5.11. The van der Waals surface area contributed by atoms with Crippen molar-refractivity contribution in [2.24, 2.45) is 11.3 Å². The highest BCUT2D eigenvalue weighted by Gasteiger charge is 2.35. The predicted molar refractivity (Wildman–Crippen MR) is 83.6 cm³/mol. The molecule has 2 rings (SSSR count). The highest BCUT2D eigenvalue weighted by molar-refractivity contribution is 5.77. The molecule has 2 saturated heterocycles. The van der Waals surface area contributed by atoms with E-state index in [1.807, 2.05) is 0 Å². The monoisotopic (exact) mass is 280 g/mol. The summed E-state index contributed by atoms with van der Waals surface area (Å²) in [6, 6.07) is 0.995. The number of nitrogens with one attached hydrogen (secondary N) is 1. The van der Waals surface area contributed by atoms with Crippen molar-refractivity contribution in [3.8, 4) is 0 Å². The van der Waals surface area contributed by atoms with E-state index in [0.717, 1.165) is 13.1 Å². The molecule has 1 amide bonds. The van der Waals surface area contributed by atoms with Crippen LogP contribution in [0.2, 0.25) is 0 Å². The number of hydrogen-bond donors (Lipinski definition) is 1. The molecule has 116 valence electrons. The average molecular weight is 280 g/mol. The molecule has 3 atom stereocenters. The summed E-state index contributed by atoms with van der Waals surface area (Å²) in [5.74, 6) is 0.819. The van der Waals surface area contributed by atoms with E-state index < -0.39 is 0 Å². The highest BCUT2D eigenvalue weighted by Crippen LogP contribution is 2.31. The smallest absolute Gasteiger partial charge is 0.223 e. The Hall–Kier alpha value is -0.570. The maximum Gasteiger partial charge on any atom is 0.223 e. The molecule has 0 saturated carbocycles. The van der Waals surface area contributed by atoms with Gasteiger partial charge in [-0.25, -0.2) is 0 Å². The van der Waals surface area contributed by atoms with E-state index in [2.05, 4.69) is 37.9 Å². The molecule has 3 unspecified atom stereocenters. The summed E-state index contributed by atoms with van der Waals surface area (Å²) in [4.78, 5) is 14.9. The quantitative estimate of drug-likeness (QED) is 0.861. The summed E-state index contributed by atoms with van der Waals surface area (Å²) in [5, 5.41) is 3.60. The van der Waals surface area contributed by atoms with Crippen molar-refractivity contribution in [3.63, 3.8) is 0 Å². The van der Waals surface area contributed by atoms with Crippen LogP contribution < -0.4 is 5.32 Å². The molecule has 2 fully saturated rings. The van der Waals surface area contributed by atoms with Crippen LogP contribution in [0, 0.1) is 11.3 Å². The molecule has 2 heterocycles. The minimum Gasteiger partial charge on any atom is -0.338 e. The first-order chi connectivity index (χ1) is 9.39. The molecule has 0 aromatic heterocycles. The summed E-state index contributed by atoms with van der Waals surface area (Å²) in [6.45, 7) is 11.0. The molecular weight excluding hydrogens is 248 g/mol.